The number of hydrogen-bond donors (Lipinski definition) is 1. The number of nitrogens with zero attached hydrogens (tertiary/aromatic N) is 2. The summed E-state index contributed by atoms with van der Waals surface area (Å²) < 4.78 is 1.90. The lowest BCUT2D eigenvalue weighted by Gasteiger charge is -2.02. The number of thioether (sulfide) groups is 1. The third-order valence-electron chi connectivity index (χ3n) is 2.61. The van der Waals surface area contributed by atoms with Crippen molar-refractivity contribution in [2.24, 2.45) is 7.05 Å². The van der Waals surface area contributed by atoms with Crippen molar-refractivity contribution in [1.82, 2.24) is 9.78 Å². The van der Waals surface area contributed by atoms with Crippen LogP contribution in [0.1, 0.15) is 16.8 Å². The smallest absolute Gasteiger partial charge is 0.104 e. The van der Waals surface area contributed by atoms with E-state index in [2.05, 4.69) is 35.1 Å². The van der Waals surface area contributed by atoms with Crippen LogP contribution in [0.5, 0.6) is 0 Å². The summed E-state index contributed by atoms with van der Waals surface area (Å²) in [5, 5.41) is 14.1. The molecule has 0 amide bonds. The van der Waals surface area contributed by atoms with E-state index in [9.17, 15) is 0 Å². The van der Waals surface area contributed by atoms with Crippen LogP contribution in [0.4, 0.5) is 0 Å². The molecule has 1 aromatic carbocycles. The minimum absolute atomic E-state index is 0.0998. The molecule has 0 radical (unpaired) electrons. The van der Waals surface area contributed by atoms with Gasteiger partial charge in [0.15, 0.2) is 0 Å². The predicted octanol–water partition coefficient (Wildman–Crippen LogP) is 2.36. The largest absolute Gasteiger partial charge is 0.384 e. The molecule has 1 N–H and O–H groups in total. The normalized spacial score (nSPS) is 10.1. The Morgan fingerprint density at radius 2 is 2.05 bits per heavy atom. The summed E-state index contributed by atoms with van der Waals surface area (Å²) in [7, 11) is 1.96. The number of aliphatic hydroxyl groups is 1. The lowest BCUT2D eigenvalue weighted by atomic mass is 10.1. The Bertz CT molecular complexity index is 605. The molecular weight excluding hydrogens is 256 g/mol. The molecule has 98 valence electrons. The van der Waals surface area contributed by atoms with E-state index in [1.165, 1.54) is 10.6 Å². The molecule has 0 spiro atoms. The Labute approximate surface area is 117 Å². The van der Waals surface area contributed by atoms with Gasteiger partial charge in [-0.25, -0.2) is 0 Å². The van der Waals surface area contributed by atoms with Crippen molar-refractivity contribution in [3.05, 3.63) is 47.2 Å². The van der Waals surface area contributed by atoms with Gasteiger partial charge in [0.05, 0.1) is 10.7 Å². The van der Waals surface area contributed by atoms with Gasteiger partial charge in [0, 0.05) is 18.4 Å². The molecule has 0 saturated heterocycles. The van der Waals surface area contributed by atoms with Crippen molar-refractivity contribution in [1.29, 1.82) is 0 Å². The SMILES string of the molecule is Cc1cc(SCc2ccc(C#CCO)cc2)n(C)n1. The molecule has 0 fully saturated rings. The van der Waals surface area contributed by atoms with Gasteiger partial charge in [0.1, 0.15) is 6.61 Å². The summed E-state index contributed by atoms with van der Waals surface area (Å²) >= 11 is 1.77. The van der Waals surface area contributed by atoms with E-state index in [0.29, 0.717) is 0 Å². The van der Waals surface area contributed by atoms with E-state index in [1.807, 2.05) is 30.8 Å². The molecular formula is C15H16N2OS. The summed E-state index contributed by atoms with van der Waals surface area (Å²) in [5.41, 5.74) is 3.22. The molecule has 19 heavy (non-hydrogen) atoms. The Hall–Kier alpha value is -1.70. The van der Waals surface area contributed by atoms with Gasteiger partial charge in [0.2, 0.25) is 0 Å². The maximum Gasteiger partial charge on any atom is 0.104 e. The summed E-state index contributed by atoms with van der Waals surface area (Å²) in [6.45, 7) is 1.90. The minimum Gasteiger partial charge on any atom is -0.384 e. The van der Waals surface area contributed by atoms with Gasteiger partial charge >= 0.3 is 0 Å². The van der Waals surface area contributed by atoms with Crippen LogP contribution in [-0.2, 0) is 12.8 Å². The van der Waals surface area contributed by atoms with Crippen LogP contribution in [-0.4, -0.2) is 21.5 Å². The monoisotopic (exact) mass is 272 g/mol. The predicted molar refractivity (Wildman–Crippen MR) is 77.9 cm³/mol. The van der Waals surface area contributed by atoms with Crippen LogP contribution >= 0.6 is 11.8 Å². The molecule has 2 aromatic rings. The second kappa shape index (κ2) is 6.46. The Morgan fingerprint density at radius 1 is 1.32 bits per heavy atom. The Morgan fingerprint density at radius 3 is 2.63 bits per heavy atom. The first-order chi connectivity index (χ1) is 9.19. The fourth-order valence-corrected chi connectivity index (χ4v) is 2.69. The molecule has 0 aliphatic carbocycles. The fourth-order valence-electron chi connectivity index (χ4n) is 1.71. The lowest BCUT2D eigenvalue weighted by Crippen LogP contribution is -1.92. The summed E-state index contributed by atoms with van der Waals surface area (Å²) in [4.78, 5) is 0. The summed E-state index contributed by atoms with van der Waals surface area (Å²) in [6.07, 6.45) is 0. The highest BCUT2D eigenvalue weighted by Gasteiger charge is 2.03. The van der Waals surface area contributed by atoms with E-state index in [-0.39, 0.29) is 6.61 Å². The first kappa shape index (κ1) is 13.7. The van der Waals surface area contributed by atoms with Crippen LogP contribution in [0.3, 0.4) is 0 Å². The molecule has 4 heteroatoms. The third kappa shape index (κ3) is 3.88. The highest BCUT2D eigenvalue weighted by molar-refractivity contribution is 7.98. The standard InChI is InChI=1S/C15H16N2OS/c1-12-10-15(17(2)16-12)19-11-14-7-5-13(6-8-14)4-3-9-18/h5-8,10,18H,9,11H2,1-2H3. The number of aliphatic hydroxyl groups excluding tert-OH is 1. The summed E-state index contributed by atoms with van der Waals surface area (Å²) in [5.74, 6) is 6.44. The number of rotatable bonds is 3. The minimum atomic E-state index is -0.0998. The Balaban J connectivity index is 1.98. The first-order valence-electron chi connectivity index (χ1n) is 6.01. The van der Waals surface area contributed by atoms with Crippen LogP contribution in [0.25, 0.3) is 0 Å². The van der Waals surface area contributed by atoms with Crippen molar-refractivity contribution >= 4 is 11.8 Å². The molecule has 1 aromatic heterocycles. The first-order valence-corrected chi connectivity index (χ1v) is 6.99. The number of aryl methyl sites for hydroxylation is 2. The zero-order valence-corrected chi connectivity index (χ0v) is 11.9. The van der Waals surface area contributed by atoms with Crippen LogP contribution in [0.2, 0.25) is 0 Å². The molecule has 3 nitrogen and oxygen atoms in total. The van der Waals surface area contributed by atoms with E-state index >= 15 is 0 Å². The highest BCUT2D eigenvalue weighted by Crippen LogP contribution is 2.23. The van der Waals surface area contributed by atoms with Crippen LogP contribution in [0, 0.1) is 18.8 Å². The molecule has 2 rings (SSSR count). The molecule has 0 atom stereocenters. The topological polar surface area (TPSA) is 38.0 Å². The van der Waals surface area contributed by atoms with Gasteiger partial charge in [-0.1, -0.05) is 24.0 Å². The van der Waals surface area contributed by atoms with Crippen LogP contribution < -0.4 is 0 Å². The van der Waals surface area contributed by atoms with Gasteiger partial charge in [0.25, 0.3) is 0 Å². The average molecular weight is 272 g/mol. The van der Waals surface area contributed by atoms with E-state index in [0.717, 1.165) is 17.0 Å². The fraction of sp³-hybridized carbons (Fsp3) is 0.267. The van der Waals surface area contributed by atoms with E-state index in [1.54, 1.807) is 11.8 Å². The second-order valence-corrected chi connectivity index (χ2v) is 5.19. The lowest BCUT2D eigenvalue weighted by molar-refractivity contribution is 0.350. The zero-order chi connectivity index (χ0) is 13.7. The second-order valence-electron chi connectivity index (χ2n) is 4.19. The maximum atomic E-state index is 8.64. The van der Waals surface area contributed by atoms with Gasteiger partial charge in [-0.15, -0.1) is 11.8 Å². The van der Waals surface area contributed by atoms with Crippen molar-refractivity contribution in [2.75, 3.05) is 6.61 Å². The highest BCUT2D eigenvalue weighted by atomic mass is 32.2. The molecule has 1 heterocycles. The zero-order valence-electron chi connectivity index (χ0n) is 11.1. The molecule has 0 saturated carbocycles. The van der Waals surface area contributed by atoms with Crippen LogP contribution in [0.15, 0.2) is 35.4 Å². The van der Waals surface area contributed by atoms with Gasteiger partial charge in [-0.2, -0.15) is 5.10 Å². The maximum absolute atomic E-state index is 8.64. The molecule has 0 unspecified atom stereocenters. The van der Waals surface area contributed by atoms with Gasteiger partial charge < -0.3 is 5.11 Å². The van der Waals surface area contributed by atoms with E-state index in [4.69, 9.17) is 5.11 Å². The van der Waals surface area contributed by atoms with Gasteiger partial charge in [-0.3, -0.25) is 4.68 Å². The van der Waals surface area contributed by atoms with Crippen molar-refractivity contribution in [3.8, 4) is 11.8 Å². The molecule has 0 aliphatic heterocycles. The van der Waals surface area contributed by atoms with Crippen molar-refractivity contribution in [2.45, 2.75) is 17.7 Å². The van der Waals surface area contributed by atoms with E-state index < -0.39 is 0 Å². The average Bonchev–Trinajstić information content (AvgIpc) is 2.73. The van der Waals surface area contributed by atoms with Crippen molar-refractivity contribution in [3.63, 3.8) is 0 Å². The molecule has 0 bridgehead atoms. The quantitative estimate of drug-likeness (QED) is 0.688. The number of hydrogen-bond acceptors (Lipinski definition) is 3. The number of aromatic nitrogens is 2. The molecule has 0 aliphatic rings. The van der Waals surface area contributed by atoms with Gasteiger partial charge in [-0.05, 0) is 30.7 Å². The van der Waals surface area contributed by atoms with Crippen molar-refractivity contribution < 1.29 is 5.11 Å². The number of benzene rings is 1. The third-order valence-corrected chi connectivity index (χ3v) is 3.77. The summed E-state index contributed by atoms with van der Waals surface area (Å²) in [6, 6.07) is 10.2. The Kier molecular flexibility index (Phi) is 4.67.